The van der Waals surface area contributed by atoms with E-state index in [2.05, 4.69) is 19.2 Å². The van der Waals surface area contributed by atoms with Gasteiger partial charge in [-0.1, -0.05) is 13.8 Å². The molecule has 0 aromatic rings. The predicted octanol–water partition coefficient (Wildman–Crippen LogP) is 0.853. The number of hydrogen-bond acceptors (Lipinski definition) is 2. The number of piperazine rings is 1. The lowest BCUT2D eigenvalue weighted by Gasteiger charge is -2.31. The Bertz CT molecular complexity index is 180. The summed E-state index contributed by atoms with van der Waals surface area (Å²) < 4.78 is 0. The molecule has 1 aliphatic heterocycles. The SMILES string of the molecule is CC(C)CCN1CCNC(C)C1=O. The molecule has 1 unspecified atom stereocenters. The Morgan fingerprint density at radius 2 is 2.31 bits per heavy atom. The van der Waals surface area contributed by atoms with Crippen LogP contribution in [0.2, 0.25) is 0 Å². The summed E-state index contributed by atoms with van der Waals surface area (Å²) in [6, 6.07) is 0.0147. The zero-order valence-corrected chi connectivity index (χ0v) is 8.84. The Kier molecular flexibility index (Phi) is 3.72. The minimum absolute atomic E-state index is 0.0147. The largest absolute Gasteiger partial charge is 0.340 e. The normalized spacial score (nSPS) is 24.2. The van der Waals surface area contributed by atoms with Gasteiger partial charge in [0.15, 0.2) is 0 Å². The molecule has 1 aliphatic rings. The third-order valence-electron chi connectivity index (χ3n) is 2.49. The van der Waals surface area contributed by atoms with Crippen molar-refractivity contribution in [2.24, 2.45) is 5.92 Å². The van der Waals surface area contributed by atoms with Crippen LogP contribution in [-0.2, 0) is 4.79 Å². The molecule has 0 spiro atoms. The minimum atomic E-state index is 0.0147. The van der Waals surface area contributed by atoms with Crippen molar-refractivity contribution in [2.45, 2.75) is 33.2 Å². The molecule has 0 saturated carbocycles. The second kappa shape index (κ2) is 4.61. The van der Waals surface area contributed by atoms with Crippen molar-refractivity contribution in [2.75, 3.05) is 19.6 Å². The van der Waals surface area contributed by atoms with Crippen LogP contribution in [0.5, 0.6) is 0 Å². The first kappa shape index (κ1) is 10.5. The topological polar surface area (TPSA) is 32.3 Å². The molecule has 1 atom stereocenters. The number of carbonyl (C=O) groups excluding carboxylic acids is 1. The van der Waals surface area contributed by atoms with Gasteiger partial charge in [0, 0.05) is 19.6 Å². The molecule has 0 aromatic heterocycles. The average molecular weight is 184 g/mol. The van der Waals surface area contributed by atoms with Crippen molar-refractivity contribution in [3.8, 4) is 0 Å². The van der Waals surface area contributed by atoms with Crippen molar-refractivity contribution in [3.05, 3.63) is 0 Å². The van der Waals surface area contributed by atoms with E-state index >= 15 is 0 Å². The number of carbonyl (C=O) groups is 1. The fourth-order valence-corrected chi connectivity index (χ4v) is 1.52. The number of amides is 1. The van der Waals surface area contributed by atoms with Crippen LogP contribution >= 0.6 is 0 Å². The number of rotatable bonds is 3. The highest BCUT2D eigenvalue weighted by atomic mass is 16.2. The van der Waals surface area contributed by atoms with Crippen molar-refractivity contribution in [1.82, 2.24) is 10.2 Å². The molecule has 3 nitrogen and oxygen atoms in total. The molecule has 0 radical (unpaired) electrons. The summed E-state index contributed by atoms with van der Waals surface area (Å²) in [5.74, 6) is 0.935. The maximum atomic E-state index is 11.6. The molecule has 0 bridgehead atoms. The molecule has 1 rings (SSSR count). The predicted molar refractivity (Wildman–Crippen MR) is 53.5 cm³/mol. The molecule has 0 aliphatic carbocycles. The third kappa shape index (κ3) is 2.99. The van der Waals surface area contributed by atoms with E-state index in [-0.39, 0.29) is 11.9 Å². The molecule has 1 heterocycles. The van der Waals surface area contributed by atoms with Gasteiger partial charge in [-0.2, -0.15) is 0 Å². The summed E-state index contributed by atoms with van der Waals surface area (Å²) in [4.78, 5) is 13.6. The molecular weight excluding hydrogens is 164 g/mol. The van der Waals surface area contributed by atoms with Crippen molar-refractivity contribution in [3.63, 3.8) is 0 Å². The Labute approximate surface area is 80.5 Å². The van der Waals surface area contributed by atoms with Crippen LogP contribution in [0.4, 0.5) is 0 Å². The number of nitrogens with one attached hydrogen (secondary N) is 1. The molecule has 3 heteroatoms. The second-order valence-electron chi connectivity index (χ2n) is 4.18. The van der Waals surface area contributed by atoms with E-state index in [4.69, 9.17) is 0 Å². The fourth-order valence-electron chi connectivity index (χ4n) is 1.52. The smallest absolute Gasteiger partial charge is 0.239 e. The molecule has 1 N–H and O–H groups in total. The molecule has 13 heavy (non-hydrogen) atoms. The van der Waals surface area contributed by atoms with E-state index in [0.717, 1.165) is 26.1 Å². The first-order valence-electron chi connectivity index (χ1n) is 5.13. The van der Waals surface area contributed by atoms with Crippen molar-refractivity contribution in [1.29, 1.82) is 0 Å². The Balaban J connectivity index is 2.35. The van der Waals surface area contributed by atoms with Gasteiger partial charge in [0.1, 0.15) is 0 Å². The van der Waals surface area contributed by atoms with Crippen molar-refractivity contribution >= 4 is 5.91 Å². The van der Waals surface area contributed by atoms with E-state index in [0.29, 0.717) is 5.92 Å². The van der Waals surface area contributed by atoms with Gasteiger partial charge in [-0.05, 0) is 19.3 Å². The van der Waals surface area contributed by atoms with E-state index in [1.807, 2.05) is 11.8 Å². The van der Waals surface area contributed by atoms with Crippen LogP contribution in [0, 0.1) is 5.92 Å². The van der Waals surface area contributed by atoms with Gasteiger partial charge in [0.2, 0.25) is 5.91 Å². The maximum absolute atomic E-state index is 11.6. The summed E-state index contributed by atoms with van der Waals surface area (Å²) in [5, 5.41) is 3.16. The third-order valence-corrected chi connectivity index (χ3v) is 2.49. The van der Waals surface area contributed by atoms with Crippen LogP contribution in [0.1, 0.15) is 27.2 Å². The quantitative estimate of drug-likeness (QED) is 0.705. The van der Waals surface area contributed by atoms with Crippen LogP contribution < -0.4 is 5.32 Å². The zero-order chi connectivity index (χ0) is 9.84. The molecule has 76 valence electrons. The summed E-state index contributed by atoms with van der Waals surface area (Å²) in [5.41, 5.74) is 0. The Morgan fingerprint density at radius 1 is 1.62 bits per heavy atom. The highest BCUT2D eigenvalue weighted by Crippen LogP contribution is 2.06. The summed E-state index contributed by atoms with van der Waals surface area (Å²) in [6.07, 6.45) is 1.11. The average Bonchev–Trinajstić information content (AvgIpc) is 2.07. The van der Waals surface area contributed by atoms with Gasteiger partial charge in [-0.25, -0.2) is 0 Å². The Morgan fingerprint density at radius 3 is 2.92 bits per heavy atom. The minimum Gasteiger partial charge on any atom is -0.340 e. The highest BCUT2D eigenvalue weighted by Gasteiger charge is 2.23. The fraction of sp³-hybridized carbons (Fsp3) is 0.900. The van der Waals surface area contributed by atoms with E-state index < -0.39 is 0 Å². The molecule has 0 aromatic carbocycles. The first-order chi connectivity index (χ1) is 6.11. The zero-order valence-electron chi connectivity index (χ0n) is 8.84. The van der Waals surface area contributed by atoms with E-state index in [1.54, 1.807) is 0 Å². The molecule has 1 fully saturated rings. The number of nitrogens with zero attached hydrogens (tertiary/aromatic N) is 1. The second-order valence-corrected chi connectivity index (χ2v) is 4.18. The molecular formula is C10H20N2O. The first-order valence-corrected chi connectivity index (χ1v) is 5.13. The standard InChI is InChI=1S/C10H20N2O/c1-8(2)4-6-12-7-5-11-9(3)10(12)13/h8-9,11H,4-7H2,1-3H3. The van der Waals surface area contributed by atoms with Crippen LogP contribution in [0.3, 0.4) is 0 Å². The number of hydrogen-bond donors (Lipinski definition) is 1. The van der Waals surface area contributed by atoms with Gasteiger partial charge in [0.05, 0.1) is 6.04 Å². The summed E-state index contributed by atoms with van der Waals surface area (Å²) >= 11 is 0. The Hall–Kier alpha value is -0.570. The lowest BCUT2D eigenvalue weighted by Crippen LogP contribution is -2.53. The molecule has 1 saturated heterocycles. The van der Waals surface area contributed by atoms with E-state index in [9.17, 15) is 4.79 Å². The van der Waals surface area contributed by atoms with E-state index in [1.165, 1.54) is 0 Å². The van der Waals surface area contributed by atoms with Gasteiger partial charge < -0.3 is 10.2 Å². The summed E-state index contributed by atoms with van der Waals surface area (Å²) in [6.45, 7) is 9.04. The van der Waals surface area contributed by atoms with Gasteiger partial charge >= 0.3 is 0 Å². The molecule has 1 amide bonds. The lowest BCUT2D eigenvalue weighted by molar-refractivity contribution is -0.135. The van der Waals surface area contributed by atoms with Crippen LogP contribution in [0.25, 0.3) is 0 Å². The van der Waals surface area contributed by atoms with Gasteiger partial charge in [-0.15, -0.1) is 0 Å². The lowest BCUT2D eigenvalue weighted by atomic mass is 10.1. The summed E-state index contributed by atoms with van der Waals surface area (Å²) in [7, 11) is 0. The van der Waals surface area contributed by atoms with Crippen LogP contribution in [0.15, 0.2) is 0 Å². The van der Waals surface area contributed by atoms with Crippen molar-refractivity contribution < 1.29 is 4.79 Å². The van der Waals surface area contributed by atoms with Crippen LogP contribution in [-0.4, -0.2) is 36.5 Å². The van der Waals surface area contributed by atoms with Gasteiger partial charge in [0.25, 0.3) is 0 Å². The van der Waals surface area contributed by atoms with Gasteiger partial charge in [-0.3, -0.25) is 4.79 Å². The maximum Gasteiger partial charge on any atom is 0.239 e. The highest BCUT2D eigenvalue weighted by molar-refractivity contribution is 5.82. The monoisotopic (exact) mass is 184 g/mol.